The van der Waals surface area contributed by atoms with E-state index in [9.17, 15) is 18.4 Å². The third-order valence-electron chi connectivity index (χ3n) is 4.23. The monoisotopic (exact) mass is 391 g/mol. The van der Waals surface area contributed by atoms with Crippen molar-refractivity contribution in [3.05, 3.63) is 64.7 Å². The van der Waals surface area contributed by atoms with Crippen LogP contribution in [0.1, 0.15) is 18.4 Å². The average molecular weight is 392 g/mol. The molecule has 1 aliphatic rings. The molecule has 2 aromatic carbocycles. The second-order valence-corrected chi connectivity index (χ2v) is 6.46. The van der Waals surface area contributed by atoms with Gasteiger partial charge in [-0.15, -0.1) is 0 Å². The summed E-state index contributed by atoms with van der Waals surface area (Å²) in [4.78, 5) is 25.9. The summed E-state index contributed by atoms with van der Waals surface area (Å²) in [6.07, 6.45) is 0.509. The van der Waals surface area contributed by atoms with Gasteiger partial charge < -0.3 is 4.90 Å². The van der Waals surface area contributed by atoms with Crippen LogP contribution in [0.5, 0.6) is 0 Å². The van der Waals surface area contributed by atoms with Crippen molar-refractivity contribution in [2.24, 2.45) is 5.10 Å². The number of hydrogen-bond acceptors (Lipinski definition) is 3. The molecule has 1 aliphatic heterocycles. The molecule has 0 saturated heterocycles. The molecule has 0 saturated carbocycles. The first kappa shape index (κ1) is 19.0. The van der Waals surface area contributed by atoms with E-state index in [2.05, 4.69) is 5.10 Å². The number of carbonyl (C=O) groups excluding carboxylic acids is 2. The number of nitrogens with zero attached hydrogens (tertiary/aromatic N) is 3. The van der Waals surface area contributed by atoms with Crippen molar-refractivity contribution >= 4 is 34.8 Å². The van der Waals surface area contributed by atoms with Crippen LogP contribution in [0.4, 0.5) is 14.5 Å². The van der Waals surface area contributed by atoms with Crippen molar-refractivity contribution in [3.8, 4) is 0 Å². The molecule has 2 amide bonds. The van der Waals surface area contributed by atoms with Crippen molar-refractivity contribution in [2.45, 2.75) is 12.8 Å². The summed E-state index contributed by atoms with van der Waals surface area (Å²) in [6, 6.07) is 9.72. The Morgan fingerprint density at radius 3 is 2.56 bits per heavy atom. The third-order valence-corrected chi connectivity index (χ3v) is 4.54. The lowest BCUT2D eigenvalue weighted by atomic mass is 10.0. The lowest BCUT2D eigenvalue weighted by molar-refractivity contribution is -0.135. The lowest BCUT2D eigenvalue weighted by Crippen LogP contribution is -2.41. The normalized spacial score (nSPS) is 14.1. The number of halogens is 3. The number of benzene rings is 2. The van der Waals surface area contributed by atoms with Gasteiger partial charge in [0.25, 0.3) is 0 Å². The van der Waals surface area contributed by atoms with E-state index in [1.807, 2.05) is 0 Å². The summed E-state index contributed by atoms with van der Waals surface area (Å²) in [6.45, 7) is -0.272. The van der Waals surface area contributed by atoms with Crippen LogP contribution < -0.4 is 4.90 Å². The van der Waals surface area contributed by atoms with Gasteiger partial charge in [0.1, 0.15) is 18.2 Å². The van der Waals surface area contributed by atoms with Crippen LogP contribution >= 0.6 is 11.6 Å². The minimum Gasteiger partial charge on any atom is -0.314 e. The van der Waals surface area contributed by atoms with Crippen molar-refractivity contribution in [1.29, 1.82) is 0 Å². The van der Waals surface area contributed by atoms with E-state index >= 15 is 0 Å². The Hall–Kier alpha value is -2.80. The number of hydrazone groups is 1. The Labute approximate surface area is 159 Å². The van der Waals surface area contributed by atoms with Crippen molar-refractivity contribution < 1.29 is 18.4 Å². The second-order valence-electron chi connectivity index (χ2n) is 6.06. The zero-order chi connectivity index (χ0) is 19.6. The maximum Gasteiger partial charge on any atom is 0.248 e. The highest BCUT2D eigenvalue weighted by atomic mass is 35.5. The molecule has 5 nitrogen and oxygen atoms in total. The molecule has 8 heteroatoms. The zero-order valence-corrected chi connectivity index (χ0v) is 15.2. The van der Waals surface area contributed by atoms with Gasteiger partial charge in [-0.05, 0) is 36.4 Å². The van der Waals surface area contributed by atoms with Crippen LogP contribution in [-0.2, 0) is 9.59 Å². The maximum absolute atomic E-state index is 13.7. The Balaban J connectivity index is 1.77. The van der Waals surface area contributed by atoms with Crippen LogP contribution in [-0.4, -0.2) is 36.1 Å². The Morgan fingerprint density at radius 1 is 1.19 bits per heavy atom. The molecule has 1 heterocycles. The summed E-state index contributed by atoms with van der Waals surface area (Å²) >= 11 is 5.69. The van der Waals surface area contributed by atoms with Crippen molar-refractivity contribution in [3.63, 3.8) is 0 Å². The highest BCUT2D eigenvalue weighted by Gasteiger charge is 2.25. The molecule has 0 bridgehead atoms. The van der Waals surface area contributed by atoms with Crippen molar-refractivity contribution in [1.82, 2.24) is 5.01 Å². The van der Waals surface area contributed by atoms with E-state index in [-0.39, 0.29) is 29.8 Å². The topological polar surface area (TPSA) is 53.0 Å². The van der Waals surface area contributed by atoms with E-state index in [1.54, 1.807) is 6.07 Å². The van der Waals surface area contributed by atoms with E-state index in [0.717, 1.165) is 5.01 Å². The first-order chi connectivity index (χ1) is 12.8. The van der Waals surface area contributed by atoms with E-state index < -0.39 is 11.6 Å². The number of hydrogen-bond donors (Lipinski definition) is 0. The minimum absolute atomic E-state index is 0.000748. The van der Waals surface area contributed by atoms with Gasteiger partial charge in [-0.25, -0.2) is 13.8 Å². The summed E-state index contributed by atoms with van der Waals surface area (Å²) in [5.74, 6) is -1.67. The van der Waals surface area contributed by atoms with Crippen LogP contribution in [0.25, 0.3) is 0 Å². The molecular formula is C19H16ClF2N3O2. The first-order valence-electron chi connectivity index (χ1n) is 8.20. The molecule has 140 valence electrons. The fourth-order valence-corrected chi connectivity index (χ4v) is 2.77. The van der Waals surface area contributed by atoms with Gasteiger partial charge in [0.2, 0.25) is 11.8 Å². The SMILES string of the molecule is CN(C(=O)CN1N=C(c2ccc(Cl)c(F)c2)CCC1=O)c1ccc(F)cc1. The minimum atomic E-state index is -0.576. The van der Waals surface area contributed by atoms with Crippen LogP contribution in [0.2, 0.25) is 5.02 Å². The molecule has 0 N–H and O–H groups in total. The van der Waals surface area contributed by atoms with Gasteiger partial charge >= 0.3 is 0 Å². The second kappa shape index (κ2) is 7.84. The predicted molar refractivity (Wildman–Crippen MR) is 98.7 cm³/mol. The number of amides is 2. The fourth-order valence-electron chi connectivity index (χ4n) is 2.65. The molecule has 0 spiro atoms. The fraction of sp³-hybridized carbons (Fsp3) is 0.211. The summed E-state index contributed by atoms with van der Waals surface area (Å²) < 4.78 is 26.7. The molecule has 0 unspecified atom stereocenters. The van der Waals surface area contributed by atoms with Gasteiger partial charge in [0.15, 0.2) is 0 Å². The molecule has 0 aromatic heterocycles. The van der Waals surface area contributed by atoms with Gasteiger partial charge in [0.05, 0.1) is 10.7 Å². The standard InChI is InChI=1S/C19H16ClF2N3O2/c1-24(14-5-3-13(21)4-6-14)19(27)11-25-18(26)9-8-17(23-25)12-2-7-15(20)16(22)10-12/h2-7,10H,8-9,11H2,1H3. The highest BCUT2D eigenvalue weighted by molar-refractivity contribution is 6.30. The highest BCUT2D eigenvalue weighted by Crippen LogP contribution is 2.21. The third kappa shape index (κ3) is 4.31. The number of rotatable bonds is 4. The first-order valence-corrected chi connectivity index (χ1v) is 8.58. The number of anilines is 1. The van der Waals surface area contributed by atoms with E-state index in [1.165, 1.54) is 48.3 Å². The number of likely N-dealkylation sites (N-methyl/N-ethyl adjacent to an activating group) is 1. The molecule has 0 atom stereocenters. The predicted octanol–water partition coefficient (Wildman–Crippen LogP) is 3.61. The lowest BCUT2D eigenvalue weighted by Gasteiger charge is -2.25. The summed E-state index contributed by atoms with van der Waals surface area (Å²) in [5.41, 5.74) is 1.51. The van der Waals surface area contributed by atoms with Gasteiger partial charge in [-0.2, -0.15) is 5.10 Å². The van der Waals surface area contributed by atoms with Gasteiger partial charge in [-0.1, -0.05) is 17.7 Å². The van der Waals surface area contributed by atoms with E-state index in [0.29, 0.717) is 23.4 Å². The largest absolute Gasteiger partial charge is 0.314 e. The molecule has 3 rings (SSSR count). The van der Waals surface area contributed by atoms with Crippen molar-refractivity contribution in [2.75, 3.05) is 18.5 Å². The molecular weight excluding hydrogens is 376 g/mol. The average Bonchev–Trinajstić information content (AvgIpc) is 2.65. The Kier molecular flexibility index (Phi) is 5.51. The Morgan fingerprint density at radius 2 is 1.89 bits per heavy atom. The van der Waals surface area contributed by atoms with Crippen LogP contribution in [0.15, 0.2) is 47.6 Å². The summed E-state index contributed by atoms with van der Waals surface area (Å²) in [7, 11) is 1.53. The molecule has 0 radical (unpaired) electrons. The van der Waals surface area contributed by atoms with Gasteiger partial charge in [-0.3, -0.25) is 9.59 Å². The molecule has 0 fully saturated rings. The van der Waals surface area contributed by atoms with Gasteiger partial charge in [0, 0.05) is 31.1 Å². The molecule has 27 heavy (non-hydrogen) atoms. The van der Waals surface area contributed by atoms with Crippen LogP contribution in [0, 0.1) is 11.6 Å². The van der Waals surface area contributed by atoms with E-state index in [4.69, 9.17) is 11.6 Å². The molecule has 2 aromatic rings. The summed E-state index contributed by atoms with van der Waals surface area (Å²) in [5, 5.41) is 5.29. The maximum atomic E-state index is 13.7. The zero-order valence-electron chi connectivity index (χ0n) is 14.5. The number of carbonyl (C=O) groups is 2. The van der Waals surface area contributed by atoms with Crippen LogP contribution in [0.3, 0.4) is 0 Å². The smallest absolute Gasteiger partial charge is 0.248 e. The quantitative estimate of drug-likeness (QED) is 0.799. The molecule has 0 aliphatic carbocycles. The Bertz CT molecular complexity index is 916.